The Morgan fingerprint density at radius 1 is 0.655 bits per heavy atom. The molecule has 4 aromatic carbocycles. The first kappa shape index (κ1) is 39.4. The zero-order valence-corrected chi connectivity index (χ0v) is 38.9. The molecule has 3 heterocycles. The molecule has 4 heteroatoms. The van der Waals surface area contributed by atoms with E-state index in [-0.39, 0.29) is 33.8 Å². The van der Waals surface area contributed by atoms with Crippen molar-refractivity contribution in [3.63, 3.8) is 0 Å². The van der Waals surface area contributed by atoms with Crippen LogP contribution in [0.3, 0.4) is 0 Å². The second-order valence-electron chi connectivity index (χ2n) is 22.8. The van der Waals surface area contributed by atoms with Gasteiger partial charge in [0, 0.05) is 49.2 Å². The normalized spacial score (nSPS) is 19.6. The number of hydrogen-bond donors (Lipinski definition) is 0. The molecule has 0 saturated heterocycles. The molecule has 4 aliphatic rings. The fraction of sp³-hybridized carbons (Fsp3) is 0.444. The molecule has 9 rings (SSSR count). The number of aryl methyl sites for hydroxylation is 1. The van der Waals surface area contributed by atoms with Gasteiger partial charge in [-0.15, -0.1) is 11.3 Å². The number of allylic oxidation sites excluding steroid dienone is 4. The van der Waals surface area contributed by atoms with E-state index in [1.54, 1.807) is 0 Å². The lowest BCUT2D eigenvalue weighted by Crippen LogP contribution is -2.61. The van der Waals surface area contributed by atoms with Gasteiger partial charge in [0.15, 0.2) is 0 Å². The fourth-order valence-corrected chi connectivity index (χ4v) is 11.8. The maximum atomic E-state index is 2.74. The van der Waals surface area contributed by atoms with Gasteiger partial charge in [0.05, 0.1) is 5.69 Å². The molecule has 0 spiro atoms. The Balaban J connectivity index is 1.41. The van der Waals surface area contributed by atoms with Gasteiger partial charge >= 0.3 is 0 Å². The SMILES string of the molecule is Cc1cc2c3c(c1)N(c1ccc(C(C)(C)C)cc1)c1cc4c(cc1B3c1sc3ccc(C(C)(C)C)cc3c1N2C1=CC=C(C(C)(C)C)CC1C)C(C)(C)CCC4(C)C. The highest BCUT2D eigenvalue weighted by Crippen LogP contribution is 2.52. The van der Waals surface area contributed by atoms with E-state index in [1.165, 1.54) is 106 Å². The Bertz CT molecular complexity index is 2570. The van der Waals surface area contributed by atoms with Crippen molar-refractivity contribution in [3.05, 3.63) is 118 Å². The number of fused-ring (bicyclic) bond motifs is 7. The minimum Gasteiger partial charge on any atom is -0.313 e. The van der Waals surface area contributed by atoms with Crippen molar-refractivity contribution in [2.24, 2.45) is 11.3 Å². The summed E-state index contributed by atoms with van der Waals surface area (Å²) < 4.78 is 2.86. The lowest BCUT2D eigenvalue weighted by atomic mass is 9.35. The van der Waals surface area contributed by atoms with Gasteiger partial charge in [0.1, 0.15) is 0 Å². The van der Waals surface area contributed by atoms with Crippen LogP contribution in [0.5, 0.6) is 0 Å². The van der Waals surface area contributed by atoms with Crippen LogP contribution in [0.4, 0.5) is 28.4 Å². The summed E-state index contributed by atoms with van der Waals surface area (Å²) in [5.74, 6) is 0.368. The van der Waals surface area contributed by atoms with Crippen LogP contribution >= 0.6 is 11.3 Å². The van der Waals surface area contributed by atoms with Gasteiger partial charge in [-0.05, 0) is 141 Å². The average molecular weight is 785 g/mol. The van der Waals surface area contributed by atoms with Gasteiger partial charge in [0.2, 0.25) is 0 Å². The van der Waals surface area contributed by atoms with Gasteiger partial charge in [-0.2, -0.15) is 0 Å². The molecule has 2 aliphatic carbocycles. The number of hydrogen-bond acceptors (Lipinski definition) is 3. The van der Waals surface area contributed by atoms with Gasteiger partial charge in [-0.3, -0.25) is 0 Å². The van der Waals surface area contributed by atoms with Crippen LogP contribution in [-0.4, -0.2) is 6.71 Å². The van der Waals surface area contributed by atoms with E-state index in [0.29, 0.717) is 5.92 Å². The van der Waals surface area contributed by atoms with Gasteiger partial charge < -0.3 is 9.80 Å². The highest BCUT2D eigenvalue weighted by molar-refractivity contribution is 7.33. The van der Waals surface area contributed by atoms with Crippen molar-refractivity contribution in [1.82, 2.24) is 0 Å². The van der Waals surface area contributed by atoms with E-state index in [2.05, 4.69) is 193 Å². The molecule has 58 heavy (non-hydrogen) atoms. The standard InChI is InChI=1S/C54H65BN2S/c1-32-26-44-47-45(27-32)57(42-22-18-35(28-33(42)2)51(6,7)8)48-38-29-36(52(9,10)11)19-23-46(38)58-49(48)55(47)41-30-39-40(54(14,15)25-24-53(39,12)13)31-43(41)56(44)37-20-16-34(17-21-37)50(3,4)5/h16-23,26-27,29-31,33H,24-25,28H2,1-15H3. The zero-order chi connectivity index (χ0) is 41.6. The van der Waals surface area contributed by atoms with Crippen molar-refractivity contribution >= 4 is 72.3 Å². The maximum Gasteiger partial charge on any atom is 0.264 e. The molecule has 1 unspecified atom stereocenters. The van der Waals surface area contributed by atoms with Crippen molar-refractivity contribution < 1.29 is 0 Å². The third kappa shape index (κ3) is 6.09. The second kappa shape index (κ2) is 12.7. The number of thiophene rings is 1. The van der Waals surface area contributed by atoms with Crippen LogP contribution in [0.25, 0.3) is 10.1 Å². The summed E-state index contributed by atoms with van der Waals surface area (Å²) in [5, 5.41) is 1.39. The summed E-state index contributed by atoms with van der Waals surface area (Å²) in [5.41, 5.74) is 20.0. The maximum absolute atomic E-state index is 2.74. The van der Waals surface area contributed by atoms with E-state index in [9.17, 15) is 0 Å². The smallest absolute Gasteiger partial charge is 0.264 e. The van der Waals surface area contributed by atoms with Crippen LogP contribution < -0.4 is 25.5 Å². The number of rotatable bonds is 2. The molecule has 0 N–H and O–H groups in total. The number of anilines is 5. The van der Waals surface area contributed by atoms with E-state index in [4.69, 9.17) is 0 Å². The predicted octanol–water partition coefficient (Wildman–Crippen LogP) is 13.8. The fourth-order valence-electron chi connectivity index (χ4n) is 10.5. The molecular weight excluding hydrogens is 719 g/mol. The Kier molecular flexibility index (Phi) is 8.67. The first-order valence-electron chi connectivity index (χ1n) is 22.0. The van der Waals surface area contributed by atoms with E-state index in [1.807, 2.05) is 11.3 Å². The molecule has 0 amide bonds. The van der Waals surface area contributed by atoms with Crippen LogP contribution in [0.1, 0.15) is 144 Å². The Labute approximate surface area is 354 Å². The molecule has 2 aliphatic heterocycles. The van der Waals surface area contributed by atoms with Crippen LogP contribution in [0, 0.1) is 18.3 Å². The third-order valence-electron chi connectivity index (χ3n) is 14.3. The lowest BCUT2D eigenvalue weighted by molar-refractivity contribution is 0.332. The molecule has 0 radical (unpaired) electrons. The number of nitrogens with zero attached hydrogens (tertiary/aromatic N) is 2. The summed E-state index contributed by atoms with van der Waals surface area (Å²) >= 11 is 2.04. The van der Waals surface area contributed by atoms with Gasteiger partial charge in [-0.1, -0.05) is 133 Å². The molecule has 2 nitrogen and oxygen atoms in total. The monoisotopic (exact) mass is 784 g/mol. The summed E-state index contributed by atoms with van der Waals surface area (Å²) in [4.78, 5) is 5.38. The van der Waals surface area contributed by atoms with Crippen LogP contribution in [0.2, 0.25) is 0 Å². The predicted molar refractivity (Wildman–Crippen MR) is 257 cm³/mol. The van der Waals surface area contributed by atoms with Crippen molar-refractivity contribution in [2.45, 2.75) is 145 Å². The summed E-state index contributed by atoms with van der Waals surface area (Å²) in [6, 6.07) is 27.2. The van der Waals surface area contributed by atoms with E-state index >= 15 is 0 Å². The highest BCUT2D eigenvalue weighted by atomic mass is 32.1. The summed E-state index contributed by atoms with van der Waals surface area (Å²) in [6.45, 7) is 35.9. The largest absolute Gasteiger partial charge is 0.313 e. The summed E-state index contributed by atoms with van der Waals surface area (Å²) in [7, 11) is 0. The molecule has 300 valence electrons. The molecule has 1 atom stereocenters. The van der Waals surface area contributed by atoms with Crippen molar-refractivity contribution in [1.29, 1.82) is 0 Å². The third-order valence-corrected chi connectivity index (χ3v) is 15.6. The van der Waals surface area contributed by atoms with Crippen molar-refractivity contribution in [2.75, 3.05) is 9.80 Å². The molecule has 1 aromatic heterocycles. The van der Waals surface area contributed by atoms with Crippen molar-refractivity contribution in [3.8, 4) is 0 Å². The first-order valence-corrected chi connectivity index (χ1v) is 22.8. The minimum atomic E-state index is 0.0455. The first-order chi connectivity index (χ1) is 27.0. The lowest BCUT2D eigenvalue weighted by Gasteiger charge is -2.47. The molecule has 5 aromatic rings. The zero-order valence-electron chi connectivity index (χ0n) is 38.1. The number of benzene rings is 4. The Morgan fingerprint density at radius 3 is 1.83 bits per heavy atom. The van der Waals surface area contributed by atoms with E-state index in [0.717, 1.165) is 6.42 Å². The Hall–Kier alpha value is -4.02. The molecule has 0 bridgehead atoms. The topological polar surface area (TPSA) is 6.48 Å². The Morgan fingerprint density at radius 2 is 1.24 bits per heavy atom. The van der Waals surface area contributed by atoms with E-state index < -0.39 is 0 Å². The van der Waals surface area contributed by atoms with Gasteiger partial charge in [0.25, 0.3) is 6.71 Å². The molecule has 0 fully saturated rings. The minimum absolute atomic E-state index is 0.0455. The van der Waals surface area contributed by atoms with Crippen LogP contribution in [0.15, 0.2) is 90.2 Å². The second-order valence-corrected chi connectivity index (χ2v) is 23.8. The summed E-state index contributed by atoms with van der Waals surface area (Å²) in [6.07, 6.45) is 8.39. The molecule has 0 saturated carbocycles. The van der Waals surface area contributed by atoms with Crippen LogP contribution in [-0.2, 0) is 21.7 Å². The highest BCUT2D eigenvalue weighted by Gasteiger charge is 2.48. The molecular formula is C54H65BN2S. The quantitative estimate of drug-likeness (QED) is 0.161. The average Bonchev–Trinajstić information content (AvgIpc) is 3.51. The van der Waals surface area contributed by atoms with Gasteiger partial charge in [-0.25, -0.2) is 0 Å².